The molecule has 81 heavy (non-hydrogen) atoms. The van der Waals surface area contributed by atoms with E-state index in [2.05, 4.69) is 26.1 Å². The Bertz CT molecular complexity index is 2550. The van der Waals surface area contributed by atoms with Gasteiger partial charge in [0.2, 0.25) is 8.32 Å². The maximum absolute atomic E-state index is 16.9. The van der Waals surface area contributed by atoms with Crippen LogP contribution in [0.3, 0.4) is 0 Å². The van der Waals surface area contributed by atoms with Crippen molar-refractivity contribution in [2.45, 2.75) is 238 Å². The van der Waals surface area contributed by atoms with Crippen molar-refractivity contribution in [2.75, 3.05) is 18.6 Å². The van der Waals surface area contributed by atoms with Crippen LogP contribution in [0.1, 0.15) is 166 Å². The monoisotopic (exact) mass is 1210 g/mol. The molecular weight excluding hydrogens is 1110 g/mol. The number of esters is 4. The fourth-order valence-electron chi connectivity index (χ4n) is 13.9. The molecule has 3 aliphatic carbocycles. The van der Waals surface area contributed by atoms with Crippen molar-refractivity contribution < 1.29 is 80.0 Å². The van der Waals surface area contributed by atoms with E-state index in [4.69, 9.17) is 46.1 Å². The fraction of sp³-hybridized carbons (Fsp3) is 0.729. The Kier molecular flexibility index (Phi) is 21.1. The van der Waals surface area contributed by atoms with Gasteiger partial charge < -0.3 is 56.5 Å². The van der Waals surface area contributed by atoms with E-state index < -0.39 is 135 Å². The average molecular weight is 1210 g/mol. The van der Waals surface area contributed by atoms with E-state index in [-0.39, 0.29) is 58.5 Å². The predicted octanol–water partition coefficient (Wildman–Crippen LogP) is 12.0. The highest BCUT2D eigenvalue weighted by atomic mass is 33.1. The highest BCUT2D eigenvalue weighted by Gasteiger charge is 2.79. The Balaban J connectivity index is 1.68. The van der Waals surface area contributed by atoms with Crippen LogP contribution in [0.4, 0.5) is 4.79 Å². The maximum atomic E-state index is 16.9. The van der Waals surface area contributed by atoms with Gasteiger partial charge in [0, 0.05) is 37.4 Å². The van der Waals surface area contributed by atoms with Crippen LogP contribution in [-0.2, 0) is 56.5 Å². The first kappa shape index (κ1) is 66.2. The number of nitrogens with one attached hydrogen (secondary N) is 1. The van der Waals surface area contributed by atoms with E-state index in [0.717, 1.165) is 0 Å². The summed E-state index contributed by atoms with van der Waals surface area (Å²) in [5.41, 5.74) is -8.46. The summed E-state index contributed by atoms with van der Waals surface area (Å²) in [7, 11) is -2.68. The van der Waals surface area contributed by atoms with E-state index in [1.165, 1.54) is 31.8 Å². The molecule has 1 aliphatic heterocycles. The van der Waals surface area contributed by atoms with Gasteiger partial charge >= 0.3 is 30.0 Å². The molecular formula is C59H91NO17S2Si2. The molecule has 0 unspecified atom stereocenters. The number of ketones is 1. The van der Waals surface area contributed by atoms with Gasteiger partial charge in [-0.2, -0.15) is 0 Å². The number of rotatable bonds is 24. The number of carbonyl (C=O) groups is 6. The number of amides is 1. The summed E-state index contributed by atoms with van der Waals surface area (Å²) in [5, 5.41) is 17.5. The van der Waals surface area contributed by atoms with Gasteiger partial charge in [-0.15, -0.1) is 0 Å². The first-order chi connectivity index (χ1) is 37.8. The van der Waals surface area contributed by atoms with E-state index in [9.17, 15) is 24.3 Å². The molecule has 18 nitrogen and oxygen atoms in total. The van der Waals surface area contributed by atoms with Crippen molar-refractivity contribution >= 4 is 74.0 Å². The van der Waals surface area contributed by atoms with Crippen LogP contribution in [0.2, 0.25) is 34.8 Å². The summed E-state index contributed by atoms with van der Waals surface area (Å²) in [5.74, 6) is -4.63. The molecule has 0 spiro atoms. The quantitative estimate of drug-likeness (QED) is 0.0248. The Morgan fingerprint density at radius 1 is 0.926 bits per heavy atom. The SMILES string of the molecule is CC[Si](CC)(CC)O[C@H]1C[C@H]2OC[C@@]2(OC(C)=O)[C@H]2[C@H](OC(=O)c3ccoc3)[C@]3(O)C[C@H](OC(=O)[C@H](O[Si](C(C)C)(C(C)C)C(C)C)[C@@H](NC(=O)OC(C)(C)C)c4ccco4)C(C)=C([C@@H](OC(=O)CCCSSC)C(=O)[C@]12C)C3(C)C. The molecule has 6 rings (SSSR count). The highest BCUT2D eigenvalue weighted by molar-refractivity contribution is 8.76. The Morgan fingerprint density at radius 2 is 1.57 bits per heavy atom. The molecule has 22 heteroatoms. The van der Waals surface area contributed by atoms with Gasteiger partial charge in [-0.3, -0.25) is 14.4 Å². The Labute approximate surface area is 489 Å². The number of ether oxygens (including phenoxy) is 6. The lowest BCUT2D eigenvalue weighted by atomic mass is 9.44. The van der Waals surface area contributed by atoms with Crippen molar-refractivity contribution in [3.05, 3.63) is 59.5 Å². The summed E-state index contributed by atoms with van der Waals surface area (Å²) in [6.07, 6.45) is -3.62. The Morgan fingerprint density at radius 3 is 2.07 bits per heavy atom. The van der Waals surface area contributed by atoms with Gasteiger partial charge in [-0.25, -0.2) is 14.4 Å². The number of Topliss-reactive ketones (excluding diaryl/α,β-unsaturated/α-hetero) is 1. The van der Waals surface area contributed by atoms with Gasteiger partial charge in [-0.05, 0) is 111 Å². The van der Waals surface area contributed by atoms with Crippen LogP contribution < -0.4 is 5.32 Å². The van der Waals surface area contributed by atoms with Crippen molar-refractivity contribution in [1.82, 2.24) is 5.32 Å². The van der Waals surface area contributed by atoms with E-state index in [0.29, 0.717) is 30.3 Å². The van der Waals surface area contributed by atoms with E-state index >= 15 is 9.59 Å². The number of hydrogen-bond acceptors (Lipinski definition) is 19. The third-order valence-corrected chi connectivity index (χ3v) is 30.9. The molecule has 0 aromatic carbocycles. The van der Waals surface area contributed by atoms with E-state index in [1.54, 1.807) is 82.2 Å². The number of hydrogen-bond donors (Lipinski definition) is 2. The standard InChI is InChI=1S/C59H91NO17S2Si2/c1-19-80(20-2,21-3)76-42-30-43-58(33-70-43,74-38(11)61)49-51(73-52(64)39-26-28-68-32-39)59(67)31-41(37(10)45(56(59,15)16)47(50(63)57(42,49)17)72-44(62)25-23-29-79-78-18)71-53(65)48(77-81(34(4)5,35(6)7)36(8)9)46(40-24-22-27-69-40)60-54(66)75-55(12,13)14/h22,24,26-28,32,34-36,41-43,46-49,51,67H,19-21,23,25,29-31,33H2,1-18H3,(H,60,66)/t41-,42-,43+,46-,47+,48+,49-,51-,57+,58-,59+/m0/s1. The van der Waals surface area contributed by atoms with Crippen LogP contribution in [0, 0.1) is 16.7 Å². The van der Waals surface area contributed by atoms with Crippen molar-refractivity contribution in [2.24, 2.45) is 16.7 Å². The molecule has 3 fully saturated rings. The first-order valence-electron chi connectivity index (χ1n) is 28.8. The van der Waals surface area contributed by atoms with Crippen LogP contribution in [-0.4, -0.2) is 130 Å². The fourth-order valence-corrected chi connectivity index (χ4v) is 23.7. The summed E-state index contributed by atoms with van der Waals surface area (Å²) in [6.45, 7) is 31.3. The third kappa shape index (κ3) is 12.7. The second-order valence-corrected chi connectivity index (χ2v) is 37.9. The van der Waals surface area contributed by atoms with Crippen LogP contribution in [0.25, 0.3) is 0 Å². The molecule has 0 radical (unpaired) electrons. The van der Waals surface area contributed by atoms with E-state index in [1.807, 2.05) is 47.8 Å². The summed E-state index contributed by atoms with van der Waals surface area (Å²) in [4.78, 5) is 90.0. The molecule has 2 bridgehead atoms. The summed E-state index contributed by atoms with van der Waals surface area (Å²) >= 11 is 0. The van der Waals surface area contributed by atoms with Gasteiger partial charge in [0.1, 0.15) is 47.6 Å². The third-order valence-electron chi connectivity index (χ3n) is 18.3. The zero-order valence-electron chi connectivity index (χ0n) is 51.0. The zero-order valence-corrected chi connectivity index (χ0v) is 54.6. The number of furan rings is 2. The molecule has 2 aromatic heterocycles. The predicted molar refractivity (Wildman–Crippen MR) is 313 cm³/mol. The van der Waals surface area contributed by atoms with Gasteiger partial charge in [0.25, 0.3) is 0 Å². The number of alkyl carbamates (subject to hydrolysis) is 1. The minimum atomic E-state index is -3.11. The van der Waals surface area contributed by atoms with Crippen molar-refractivity contribution in [3.63, 3.8) is 0 Å². The minimum Gasteiger partial charge on any atom is -0.472 e. The van der Waals surface area contributed by atoms with Gasteiger partial charge in [0.15, 0.2) is 31.9 Å². The zero-order chi connectivity index (χ0) is 60.4. The highest BCUT2D eigenvalue weighted by Crippen LogP contribution is 2.65. The Hall–Kier alpha value is -3.91. The van der Waals surface area contributed by atoms with Crippen LogP contribution >= 0.6 is 21.6 Å². The summed E-state index contributed by atoms with van der Waals surface area (Å²) < 4.78 is 65.0. The number of aliphatic hydroxyl groups is 1. The second kappa shape index (κ2) is 25.7. The molecule has 2 N–H and O–H groups in total. The minimum absolute atomic E-state index is 0.0147. The first-order valence-corrected chi connectivity index (χ1v) is 36.2. The molecule has 454 valence electrons. The van der Waals surface area contributed by atoms with Crippen molar-refractivity contribution in [3.8, 4) is 0 Å². The molecule has 2 aromatic rings. The topological polar surface area (TPSA) is 235 Å². The lowest BCUT2D eigenvalue weighted by Gasteiger charge is -2.68. The molecule has 2 saturated carbocycles. The van der Waals surface area contributed by atoms with Crippen LogP contribution in [0.15, 0.2) is 57.0 Å². The lowest BCUT2D eigenvalue weighted by molar-refractivity contribution is -0.344. The number of carbonyl (C=O) groups excluding carboxylic acids is 6. The average Bonchev–Trinajstić information content (AvgIpc) is 3.22. The second-order valence-electron chi connectivity index (χ2n) is 25.1. The molecule has 4 aliphatic rings. The summed E-state index contributed by atoms with van der Waals surface area (Å²) in [6, 6.07) is 5.34. The van der Waals surface area contributed by atoms with Crippen LogP contribution in [0.5, 0.6) is 0 Å². The van der Waals surface area contributed by atoms with Gasteiger partial charge in [0.05, 0.1) is 42.1 Å². The molecule has 11 atom stereocenters. The van der Waals surface area contributed by atoms with Crippen molar-refractivity contribution in [1.29, 1.82) is 0 Å². The van der Waals surface area contributed by atoms with Gasteiger partial charge in [-0.1, -0.05) is 97.7 Å². The normalized spacial score (nSPS) is 28.2. The maximum Gasteiger partial charge on any atom is 0.408 e. The largest absolute Gasteiger partial charge is 0.472 e. The smallest absolute Gasteiger partial charge is 0.408 e. The number of fused-ring (bicyclic) bond motifs is 5. The molecule has 3 heterocycles. The molecule has 1 saturated heterocycles. The lowest BCUT2D eigenvalue weighted by Crippen LogP contribution is -2.82. The molecule has 1 amide bonds.